The van der Waals surface area contributed by atoms with Crippen LogP contribution in [0.15, 0.2) is 0 Å². The third-order valence-electron chi connectivity index (χ3n) is 1.70. The van der Waals surface area contributed by atoms with Gasteiger partial charge in [0.05, 0.1) is 12.2 Å². The van der Waals surface area contributed by atoms with E-state index in [0.717, 1.165) is 6.42 Å². The van der Waals surface area contributed by atoms with Gasteiger partial charge in [0.15, 0.2) is 5.79 Å². The summed E-state index contributed by atoms with van der Waals surface area (Å²) in [5.74, 6) is 0.0916. The summed E-state index contributed by atoms with van der Waals surface area (Å²) in [6.07, 6.45) is 1.30. The van der Waals surface area contributed by atoms with E-state index in [-0.39, 0.29) is 12.2 Å². The standard InChI is InChI=1S/C8H15ClO2/c1-6-4-7(5-9)11-8(2,3)10-6/h6-7H,4-5H2,1-3H3. The lowest BCUT2D eigenvalue weighted by atomic mass is 10.1. The van der Waals surface area contributed by atoms with Crippen LogP contribution in [0.5, 0.6) is 0 Å². The first-order valence-corrected chi connectivity index (χ1v) is 4.48. The first kappa shape index (κ1) is 9.30. The Hall–Kier alpha value is 0.210. The fourth-order valence-corrected chi connectivity index (χ4v) is 1.66. The highest BCUT2D eigenvalue weighted by Crippen LogP contribution is 2.26. The van der Waals surface area contributed by atoms with E-state index in [2.05, 4.69) is 0 Å². The summed E-state index contributed by atoms with van der Waals surface area (Å²) < 4.78 is 11.1. The topological polar surface area (TPSA) is 18.5 Å². The molecule has 0 aromatic carbocycles. The predicted octanol–water partition coefficient (Wildman–Crippen LogP) is 2.16. The molecule has 0 amide bonds. The third kappa shape index (κ3) is 2.62. The summed E-state index contributed by atoms with van der Waals surface area (Å²) in [5, 5.41) is 0. The summed E-state index contributed by atoms with van der Waals surface area (Å²) in [5.41, 5.74) is 0. The Bertz CT molecular complexity index is 136. The number of hydrogen-bond donors (Lipinski definition) is 0. The van der Waals surface area contributed by atoms with Crippen LogP contribution in [0, 0.1) is 0 Å². The van der Waals surface area contributed by atoms with Gasteiger partial charge in [0.2, 0.25) is 0 Å². The number of ether oxygens (including phenoxy) is 2. The Kier molecular flexibility index (Phi) is 2.79. The summed E-state index contributed by atoms with van der Waals surface area (Å²) >= 11 is 5.69. The van der Waals surface area contributed by atoms with Gasteiger partial charge in [0.1, 0.15) is 0 Å². The maximum atomic E-state index is 5.69. The SMILES string of the molecule is CC1CC(CCl)OC(C)(C)O1. The van der Waals surface area contributed by atoms with Crippen LogP contribution in [0.4, 0.5) is 0 Å². The molecule has 2 nitrogen and oxygen atoms in total. The molecular formula is C8H15ClO2. The van der Waals surface area contributed by atoms with E-state index < -0.39 is 5.79 Å². The molecule has 1 aliphatic heterocycles. The van der Waals surface area contributed by atoms with Crippen molar-refractivity contribution < 1.29 is 9.47 Å². The Morgan fingerprint density at radius 3 is 2.55 bits per heavy atom. The second kappa shape index (κ2) is 3.30. The highest BCUT2D eigenvalue weighted by molar-refractivity contribution is 6.18. The minimum atomic E-state index is -0.461. The van der Waals surface area contributed by atoms with Gasteiger partial charge in [-0.25, -0.2) is 0 Å². The lowest BCUT2D eigenvalue weighted by Crippen LogP contribution is -2.44. The Morgan fingerprint density at radius 1 is 1.45 bits per heavy atom. The smallest absolute Gasteiger partial charge is 0.163 e. The Balaban J connectivity index is 2.51. The van der Waals surface area contributed by atoms with Crippen LogP contribution in [-0.2, 0) is 9.47 Å². The molecule has 0 spiro atoms. The van der Waals surface area contributed by atoms with Crippen LogP contribution >= 0.6 is 11.6 Å². The second-order valence-corrected chi connectivity index (χ2v) is 3.77. The van der Waals surface area contributed by atoms with Crippen LogP contribution in [0.3, 0.4) is 0 Å². The van der Waals surface area contributed by atoms with Crippen molar-refractivity contribution >= 4 is 11.6 Å². The molecule has 0 aliphatic carbocycles. The molecule has 1 fully saturated rings. The fraction of sp³-hybridized carbons (Fsp3) is 1.00. The van der Waals surface area contributed by atoms with Gasteiger partial charge in [0.25, 0.3) is 0 Å². The fourth-order valence-electron chi connectivity index (χ4n) is 1.47. The average Bonchev–Trinajstić information content (AvgIpc) is 1.83. The van der Waals surface area contributed by atoms with Gasteiger partial charge in [-0.3, -0.25) is 0 Å². The molecule has 66 valence electrons. The van der Waals surface area contributed by atoms with E-state index in [1.54, 1.807) is 0 Å². The van der Waals surface area contributed by atoms with Crippen LogP contribution < -0.4 is 0 Å². The predicted molar refractivity (Wildman–Crippen MR) is 44.8 cm³/mol. The average molecular weight is 179 g/mol. The Labute approximate surface area is 72.8 Å². The van der Waals surface area contributed by atoms with Crippen molar-refractivity contribution in [2.45, 2.75) is 45.2 Å². The highest BCUT2D eigenvalue weighted by atomic mass is 35.5. The highest BCUT2D eigenvalue weighted by Gasteiger charge is 2.32. The molecule has 11 heavy (non-hydrogen) atoms. The molecule has 0 N–H and O–H groups in total. The summed E-state index contributed by atoms with van der Waals surface area (Å²) in [6.45, 7) is 5.88. The molecule has 0 aromatic rings. The van der Waals surface area contributed by atoms with E-state index >= 15 is 0 Å². The van der Waals surface area contributed by atoms with Gasteiger partial charge in [-0.15, -0.1) is 11.6 Å². The van der Waals surface area contributed by atoms with E-state index in [1.165, 1.54) is 0 Å². The lowest BCUT2D eigenvalue weighted by Gasteiger charge is -2.38. The van der Waals surface area contributed by atoms with Crippen molar-refractivity contribution in [3.63, 3.8) is 0 Å². The lowest BCUT2D eigenvalue weighted by molar-refractivity contribution is -0.291. The number of alkyl halides is 1. The van der Waals surface area contributed by atoms with Gasteiger partial charge in [-0.05, 0) is 20.8 Å². The minimum Gasteiger partial charge on any atom is -0.347 e. The molecule has 1 aliphatic rings. The summed E-state index contributed by atoms with van der Waals surface area (Å²) in [7, 11) is 0. The molecule has 2 atom stereocenters. The number of hydrogen-bond acceptors (Lipinski definition) is 2. The molecular weight excluding hydrogens is 164 g/mol. The second-order valence-electron chi connectivity index (χ2n) is 3.46. The normalized spacial score (nSPS) is 37.1. The molecule has 0 aromatic heterocycles. The Morgan fingerprint density at radius 2 is 2.09 bits per heavy atom. The van der Waals surface area contributed by atoms with Crippen molar-refractivity contribution in [3.8, 4) is 0 Å². The quantitative estimate of drug-likeness (QED) is 0.573. The van der Waals surface area contributed by atoms with Crippen LogP contribution in [0.2, 0.25) is 0 Å². The summed E-state index contributed by atoms with van der Waals surface area (Å²) in [6, 6.07) is 0. The van der Waals surface area contributed by atoms with Crippen LogP contribution in [0.1, 0.15) is 27.2 Å². The molecule has 1 rings (SSSR count). The molecule has 0 radical (unpaired) electrons. The number of rotatable bonds is 1. The van der Waals surface area contributed by atoms with Crippen molar-refractivity contribution in [1.82, 2.24) is 0 Å². The van der Waals surface area contributed by atoms with Gasteiger partial charge < -0.3 is 9.47 Å². The molecule has 1 heterocycles. The largest absolute Gasteiger partial charge is 0.347 e. The van der Waals surface area contributed by atoms with E-state index in [1.807, 2.05) is 20.8 Å². The van der Waals surface area contributed by atoms with Crippen LogP contribution in [0.25, 0.3) is 0 Å². The zero-order valence-corrected chi connectivity index (χ0v) is 8.02. The van der Waals surface area contributed by atoms with E-state index in [4.69, 9.17) is 21.1 Å². The molecule has 3 heteroatoms. The van der Waals surface area contributed by atoms with E-state index in [0.29, 0.717) is 5.88 Å². The zero-order valence-electron chi connectivity index (χ0n) is 7.26. The molecule has 0 bridgehead atoms. The van der Waals surface area contributed by atoms with Gasteiger partial charge in [0, 0.05) is 12.3 Å². The molecule has 1 saturated heterocycles. The van der Waals surface area contributed by atoms with Gasteiger partial charge >= 0.3 is 0 Å². The maximum Gasteiger partial charge on any atom is 0.163 e. The third-order valence-corrected chi connectivity index (χ3v) is 2.05. The summed E-state index contributed by atoms with van der Waals surface area (Å²) in [4.78, 5) is 0. The van der Waals surface area contributed by atoms with Crippen molar-refractivity contribution in [2.75, 3.05) is 5.88 Å². The van der Waals surface area contributed by atoms with Crippen molar-refractivity contribution in [2.24, 2.45) is 0 Å². The van der Waals surface area contributed by atoms with Crippen LogP contribution in [-0.4, -0.2) is 23.9 Å². The number of halogens is 1. The first-order valence-electron chi connectivity index (χ1n) is 3.95. The van der Waals surface area contributed by atoms with Crippen molar-refractivity contribution in [1.29, 1.82) is 0 Å². The zero-order chi connectivity index (χ0) is 8.48. The van der Waals surface area contributed by atoms with Crippen molar-refractivity contribution in [3.05, 3.63) is 0 Å². The first-order chi connectivity index (χ1) is 5.03. The van der Waals surface area contributed by atoms with E-state index in [9.17, 15) is 0 Å². The maximum absolute atomic E-state index is 5.69. The van der Waals surface area contributed by atoms with Gasteiger partial charge in [-0.1, -0.05) is 0 Å². The monoisotopic (exact) mass is 178 g/mol. The minimum absolute atomic E-state index is 0.149. The van der Waals surface area contributed by atoms with Gasteiger partial charge in [-0.2, -0.15) is 0 Å². The molecule has 2 unspecified atom stereocenters. The molecule has 0 saturated carbocycles.